The molecule has 130 valence electrons. The normalized spacial score (nSPS) is 18.0. The molecule has 0 bridgehead atoms. The van der Waals surface area contributed by atoms with Crippen LogP contribution in [0.25, 0.3) is 21.1 Å². The molecule has 4 rings (SSSR count). The number of hydrogen-bond donors (Lipinski definition) is 0. The number of methoxy groups -OCH3 is 1. The fourth-order valence-corrected chi connectivity index (χ4v) is 4.71. The third-order valence-corrected chi connectivity index (χ3v) is 6.15. The molecule has 1 saturated heterocycles. The molecule has 0 aliphatic carbocycles. The van der Waals surface area contributed by atoms with E-state index in [1.54, 1.807) is 7.11 Å². The number of carbonyl (C=O) groups is 1. The maximum absolute atomic E-state index is 12.8. The summed E-state index contributed by atoms with van der Waals surface area (Å²) in [6.45, 7) is 3.88. The van der Waals surface area contributed by atoms with Crippen LogP contribution in [0.4, 0.5) is 0 Å². The van der Waals surface area contributed by atoms with Crippen LogP contribution in [-0.4, -0.2) is 36.0 Å². The van der Waals surface area contributed by atoms with E-state index in [4.69, 9.17) is 16.3 Å². The summed E-state index contributed by atoms with van der Waals surface area (Å²) in [6.07, 6.45) is 2.28. The van der Waals surface area contributed by atoms with Crippen LogP contribution < -0.4 is 4.74 Å². The number of hydrogen-bond acceptors (Lipinski definition) is 4. The molecule has 1 atom stereocenters. The van der Waals surface area contributed by atoms with Gasteiger partial charge in [-0.3, -0.25) is 4.79 Å². The molecular formula is C19H19ClN2O2S. The number of pyridine rings is 1. The number of likely N-dealkylation sites (tertiary alicyclic amines) is 1. The molecule has 0 radical (unpaired) electrons. The number of fused-ring (bicyclic) bond motifs is 2. The maximum atomic E-state index is 12.8. The van der Waals surface area contributed by atoms with Crippen molar-refractivity contribution in [2.75, 3.05) is 20.2 Å². The third-order valence-electron chi connectivity index (χ3n) is 4.75. The second kappa shape index (κ2) is 6.46. The molecule has 6 heteroatoms. The molecule has 1 aromatic carbocycles. The zero-order chi connectivity index (χ0) is 17.6. The van der Waals surface area contributed by atoms with E-state index < -0.39 is 0 Å². The van der Waals surface area contributed by atoms with Crippen LogP contribution in [-0.2, 0) is 0 Å². The molecule has 1 aliphatic rings. The second-order valence-electron chi connectivity index (χ2n) is 6.65. The average molecular weight is 375 g/mol. The zero-order valence-corrected chi connectivity index (χ0v) is 15.8. The lowest BCUT2D eigenvalue weighted by Gasteiger charge is -2.30. The Hall–Kier alpha value is -1.85. The van der Waals surface area contributed by atoms with Crippen LogP contribution in [0.15, 0.2) is 24.3 Å². The van der Waals surface area contributed by atoms with E-state index >= 15 is 0 Å². The minimum Gasteiger partial charge on any atom is -0.495 e. The van der Waals surface area contributed by atoms with E-state index in [9.17, 15) is 4.79 Å². The van der Waals surface area contributed by atoms with Crippen LogP contribution in [0, 0.1) is 5.92 Å². The minimum absolute atomic E-state index is 0.113. The molecule has 4 nitrogen and oxygen atoms in total. The van der Waals surface area contributed by atoms with Gasteiger partial charge in [0.15, 0.2) is 0 Å². The summed E-state index contributed by atoms with van der Waals surface area (Å²) in [5.74, 6) is 1.29. The number of piperidine rings is 1. The zero-order valence-electron chi connectivity index (χ0n) is 14.2. The lowest BCUT2D eigenvalue weighted by molar-refractivity contribution is 0.0688. The monoisotopic (exact) mass is 374 g/mol. The van der Waals surface area contributed by atoms with Gasteiger partial charge in [-0.25, -0.2) is 4.98 Å². The predicted octanol–water partition coefficient (Wildman–Crippen LogP) is 4.98. The summed E-state index contributed by atoms with van der Waals surface area (Å²) in [5, 5.41) is 2.43. The first kappa shape index (κ1) is 16.6. The van der Waals surface area contributed by atoms with Crippen LogP contribution in [0.1, 0.15) is 29.4 Å². The highest BCUT2D eigenvalue weighted by atomic mass is 35.5. The van der Waals surface area contributed by atoms with Gasteiger partial charge in [0.2, 0.25) is 0 Å². The average Bonchev–Trinajstić information content (AvgIpc) is 3.03. The van der Waals surface area contributed by atoms with Gasteiger partial charge >= 0.3 is 0 Å². The number of benzene rings is 1. The lowest BCUT2D eigenvalue weighted by atomic mass is 10.0. The van der Waals surface area contributed by atoms with E-state index in [0.29, 0.717) is 22.2 Å². The Morgan fingerprint density at radius 3 is 2.96 bits per heavy atom. The Kier molecular flexibility index (Phi) is 4.29. The lowest BCUT2D eigenvalue weighted by Crippen LogP contribution is -2.38. The standard InChI is InChI=1S/C19H19ClN2O2S/c1-11-4-3-7-22(10-11)19(23)15-9-13-8-12-5-6-14(24-2)16(20)17(12)21-18(13)25-15/h5-6,8-9,11H,3-4,7,10H2,1-2H3. The molecule has 2 aromatic heterocycles. The summed E-state index contributed by atoms with van der Waals surface area (Å²) >= 11 is 7.83. The molecule has 3 aromatic rings. The number of carbonyl (C=O) groups excluding carboxylic acids is 1. The molecular weight excluding hydrogens is 356 g/mol. The van der Waals surface area contributed by atoms with Crippen LogP contribution >= 0.6 is 22.9 Å². The fraction of sp³-hybridized carbons (Fsp3) is 0.368. The van der Waals surface area contributed by atoms with E-state index in [1.807, 2.05) is 29.2 Å². The van der Waals surface area contributed by atoms with Crippen molar-refractivity contribution in [2.24, 2.45) is 5.92 Å². The molecule has 0 N–H and O–H groups in total. The highest BCUT2D eigenvalue weighted by molar-refractivity contribution is 7.20. The number of halogens is 1. The van der Waals surface area contributed by atoms with Crippen molar-refractivity contribution in [2.45, 2.75) is 19.8 Å². The molecule has 0 saturated carbocycles. The van der Waals surface area contributed by atoms with Gasteiger partial charge in [-0.05, 0) is 43.0 Å². The van der Waals surface area contributed by atoms with E-state index in [0.717, 1.165) is 40.0 Å². The first-order chi connectivity index (χ1) is 12.1. The number of rotatable bonds is 2. The van der Waals surface area contributed by atoms with E-state index in [2.05, 4.69) is 11.9 Å². The van der Waals surface area contributed by atoms with Gasteiger partial charge in [-0.15, -0.1) is 11.3 Å². The minimum atomic E-state index is 0.113. The summed E-state index contributed by atoms with van der Waals surface area (Å²) in [5.41, 5.74) is 0.709. The SMILES string of the molecule is COc1ccc2cc3cc(C(=O)N4CCCC(C)C4)sc3nc2c1Cl. The van der Waals surface area contributed by atoms with Gasteiger partial charge in [0, 0.05) is 23.9 Å². The van der Waals surface area contributed by atoms with Crippen molar-refractivity contribution in [1.29, 1.82) is 0 Å². The third kappa shape index (κ3) is 2.96. The van der Waals surface area contributed by atoms with Gasteiger partial charge in [0.1, 0.15) is 15.6 Å². The molecule has 1 aliphatic heterocycles. The molecule has 0 spiro atoms. The fourth-order valence-electron chi connectivity index (χ4n) is 3.44. The maximum Gasteiger partial charge on any atom is 0.264 e. The largest absolute Gasteiger partial charge is 0.495 e. The summed E-state index contributed by atoms with van der Waals surface area (Å²) in [6, 6.07) is 7.77. The highest BCUT2D eigenvalue weighted by Gasteiger charge is 2.24. The number of aromatic nitrogens is 1. The van der Waals surface area contributed by atoms with Crippen molar-refractivity contribution in [3.63, 3.8) is 0 Å². The Morgan fingerprint density at radius 1 is 1.36 bits per heavy atom. The van der Waals surface area contributed by atoms with Crippen LogP contribution in [0.3, 0.4) is 0 Å². The van der Waals surface area contributed by atoms with Gasteiger partial charge in [-0.2, -0.15) is 0 Å². The Bertz CT molecular complexity index is 969. The number of amides is 1. The molecule has 25 heavy (non-hydrogen) atoms. The summed E-state index contributed by atoms with van der Waals surface area (Å²) in [7, 11) is 1.59. The van der Waals surface area contributed by atoms with E-state index in [1.165, 1.54) is 17.8 Å². The molecule has 3 heterocycles. The molecule has 1 unspecified atom stereocenters. The second-order valence-corrected chi connectivity index (χ2v) is 8.05. The number of nitrogens with zero attached hydrogens (tertiary/aromatic N) is 2. The van der Waals surface area contributed by atoms with Crippen molar-refractivity contribution >= 4 is 50.0 Å². The topological polar surface area (TPSA) is 42.4 Å². The van der Waals surface area contributed by atoms with Crippen LogP contribution in [0.5, 0.6) is 5.75 Å². The predicted molar refractivity (Wildman–Crippen MR) is 103 cm³/mol. The first-order valence-corrected chi connectivity index (χ1v) is 9.62. The van der Waals surface area contributed by atoms with Crippen molar-refractivity contribution in [1.82, 2.24) is 9.88 Å². The smallest absolute Gasteiger partial charge is 0.264 e. The Balaban J connectivity index is 1.75. The Morgan fingerprint density at radius 2 is 2.20 bits per heavy atom. The summed E-state index contributed by atoms with van der Waals surface area (Å²) in [4.78, 5) is 21.1. The van der Waals surface area contributed by atoms with Gasteiger partial charge < -0.3 is 9.64 Å². The molecule has 1 amide bonds. The van der Waals surface area contributed by atoms with Crippen molar-refractivity contribution in [3.05, 3.63) is 34.2 Å². The van der Waals surface area contributed by atoms with Crippen LogP contribution in [0.2, 0.25) is 5.02 Å². The van der Waals surface area contributed by atoms with Gasteiger partial charge in [-0.1, -0.05) is 18.5 Å². The van der Waals surface area contributed by atoms with Gasteiger partial charge in [0.25, 0.3) is 5.91 Å². The van der Waals surface area contributed by atoms with E-state index in [-0.39, 0.29) is 5.91 Å². The highest BCUT2D eigenvalue weighted by Crippen LogP contribution is 2.35. The number of ether oxygens (including phenoxy) is 1. The summed E-state index contributed by atoms with van der Waals surface area (Å²) < 4.78 is 5.27. The quantitative estimate of drug-likeness (QED) is 0.635. The Labute approximate surface area is 155 Å². The van der Waals surface area contributed by atoms with Crippen molar-refractivity contribution < 1.29 is 9.53 Å². The first-order valence-electron chi connectivity index (χ1n) is 8.43. The number of thiophene rings is 1. The molecule has 1 fully saturated rings. The van der Waals surface area contributed by atoms with Gasteiger partial charge in [0.05, 0.1) is 17.5 Å². The van der Waals surface area contributed by atoms with Crippen molar-refractivity contribution in [3.8, 4) is 5.75 Å².